The minimum atomic E-state index is -1.37. The van der Waals surface area contributed by atoms with Gasteiger partial charge < -0.3 is 19.0 Å². The summed E-state index contributed by atoms with van der Waals surface area (Å²) >= 11 is 6.45. The van der Waals surface area contributed by atoms with Crippen LogP contribution in [-0.4, -0.2) is 84.8 Å². The third-order valence-electron chi connectivity index (χ3n) is 6.42. The van der Waals surface area contributed by atoms with Crippen LogP contribution in [0.4, 0.5) is 0 Å². The molecule has 0 saturated carbocycles. The fourth-order valence-corrected chi connectivity index (χ4v) is 4.90. The molecule has 0 bridgehead atoms. The molecule has 2 aliphatic heterocycles. The van der Waals surface area contributed by atoms with Gasteiger partial charge in [-0.15, -0.1) is 0 Å². The largest absolute Gasteiger partial charge is 0.459 e. The molecule has 180 valence electrons. The van der Waals surface area contributed by atoms with Crippen LogP contribution in [0.15, 0.2) is 47.1 Å². The van der Waals surface area contributed by atoms with Crippen molar-refractivity contribution in [2.24, 2.45) is 0 Å². The van der Waals surface area contributed by atoms with Crippen molar-refractivity contribution in [1.29, 1.82) is 0 Å². The first-order valence-corrected chi connectivity index (χ1v) is 11.4. The van der Waals surface area contributed by atoms with E-state index < -0.39 is 11.3 Å². The number of methoxy groups -OCH3 is 1. The third kappa shape index (κ3) is 4.45. The molecule has 0 N–H and O–H groups in total. The average molecular weight is 488 g/mol. The summed E-state index contributed by atoms with van der Waals surface area (Å²) < 4.78 is 10.2. The van der Waals surface area contributed by atoms with E-state index in [-0.39, 0.29) is 49.5 Å². The number of nitrogens with zero attached hydrogens (tertiary/aromatic N) is 3. The Morgan fingerprint density at radius 1 is 1.06 bits per heavy atom. The summed E-state index contributed by atoms with van der Waals surface area (Å²) in [4.78, 5) is 56.6. The molecule has 0 spiro atoms. The fraction of sp³-hybridized carbons (Fsp3) is 0.417. The van der Waals surface area contributed by atoms with E-state index >= 15 is 0 Å². The van der Waals surface area contributed by atoms with Gasteiger partial charge in [0.25, 0.3) is 5.91 Å². The summed E-state index contributed by atoms with van der Waals surface area (Å²) in [6.45, 7) is 1.64. The second-order valence-corrected chi connectivity index (χ2v) is 8.82. The van der Waals surface area contributed by atoms with Crippen LogP contribution in [0.2, 0.25) is 5.02 Å². The van der Waals surface area contributed by atoms with Gasteiger partial charge in [0.15, 0.2) is 5.76 Å². The standard InChI is InChI=1S/C24H26ClN3O6/c1-33-14-12-28-21(30)16-24(23(28)32,17-5-2-3-6-18(17)25)15-20(29)26-8-10-27(11-9-26)22(31)19-7-4-13-34-19/h2-7,13H,8-12,14-16H2,1H3. The molecule has 34 heavy (non-hydrogen) atoms. The number of halogens is 1. The van der Waals surface area contributed by atoms with Gasteiger partial charge in [0.05, 0.1) is 24.8 Å². The van der Waals surface area contributed by atoms with Crippen molar-refractivity contribution in [1.82, 2.24) is 14.7 Å². The van der Waals surface area contributed by atoms with Crippen LogP contribution < -0.4 is 0 Å². The number of likely N-dealkylation sites (tertiary alicyclic amines) is 1. The van der Waals surface area contributed by atoms with Crippen molar-refractivity contribution >= 4 is 35.2 Å². The van der Waals surface area contributed by atoms with E-state index in [2.05, 4.69) is 0 Å². The molecule has 1 aromatic heterocycles. The van der Waals surface area contributed by atoms with Gasteiger partial charge >= 0.3 is 0 Å². The Morgan fingerprint density at radius 3 is 2.41 bits per heavy atom. The normalized spacial score (nSPS) is 20.8. The molecular formula is C24H26ClN3O6. The molecule has 2 aliphatic rings. The average Bonchev–Trinajstić information content (AvgIpc) is 3.45. The first kappa shape index (κ1) is 24.0. The predicted molar refractivity (Wildman–Crippen MR) is 122 cm³/mol. The van der Waals surface area contributed by atoms with E-state index in [0.29, 0.717) is 36.8 Å². The lowest BCUT2D eigenvalue weighted by molar-refractivity contribution is -0.143. The summed E-state index contributed by atoms with van der Waals surface area (Å²) in [5, 5.41) is 0.332. The van der Waals surface area contributed by atoms with Gasteiger partial charge in [-0.25, -0.2) is 0 Å². The fourth-order valence-electron chi connectivity index (χ4n) is 4.59. The van der Waals surface area contributed by atoms with E-state index in [4.69, 9.17) is 20.8 Å². The van der Waals surface area contributed by atoms with Gasteiger partial charge in [-0.05, 0) is 23.8 Å². The number of piperazine rings is 1. The lowest BCUT2D eigenvalue weighted by Crippen LogP contribution is -2.52. The van der Waals surface area contributed by atoms with Crippen LogP contribution in [-0.2, 0) is 24.5 Å². The lowest BCUT2D eigenvalue weighted by atomic mass is 9.75. The van der Waals surface area contributed by atoms with Gasteiger partial charge in [0.2, 0.25) is 17.7 Å². The van der Waals surface area contributed by atoms with Crippen LogP contribution in [0.25, 0.3) is 0 Å². The van der Waals surface area contributed by atoms with Gasteiger partial charge in [0, 0.05) is 51.2 Å². The highest BCUT2D eigenvalue weighted by molar-refractivity contribution is 6.32. The maximum absolute atomic E-state index is 13.5. The van der Waals surface area contributed by atoms with Crippen LogP contribution in [0.3, 0.4) is 0 Å². The number of carbonyl (C=O) groups excluding carboxylic acids is 4. The summed E-state index contributed by atoms with van der Waals surface area (Å²) in [5.74, 6) is -1.04. The molecule has 10 heteroatoms. The number of ether oxygens (including phenoxy) is 1. The van der Waals surface area contributed by atoms with Crippen LogP contribution in [0, 0.1) is 0 Å². The summed E-state index contributed by atoms with van der Waals surface area (Å²) in [5.41, 5.74) is -0.906. The summed E-state index contributed by atoms with van der Waals surface area (Å²) in [7, 11) is 1.49. The molecule has 4 amide bonds. The first-order valence-electron chi connectivity index (χ1n) is 11.1. The highest BCUT2D eigenvalue weighted by atomic mass is 35.5. The highest BCUT2D eigenvalue weighted by Crippen LogP contribution is 2.43. The SMILES string of the molecule is COCCN1C(=O)CC(CC(=O)N2CCN(C(=O)c3ccco3)CC2)(c2ccccc2Cl)C1=O. The molecular weight excluding hydrogens is 462 g/mol. The van der Waals surface area contributed by atoms with E-state index in [9.17, 15) is 19.2 Å². The van der Waals surface area contributed by atoms with Gasteiger partial charge in [-0.1, -0.05) is 29.8 Å². The first-order chi connectivity index (χ1) is 16.4. The van der Waals surface area contributed by atoms with Crippen molar-refractivity contribution in [3.05, 3.63) is 59.0 Å². The molecule has 2 saturated heterocycles. The van der Waals surface area contributed by atoms with Crippen molar-refractivity contribution < 1.29 is 28.3 Å². The maximum atomic E-state index is 13.5. The smallest absolute Gasteiger partial charge is 0.289 e. The van der Waals surface area contributed by atoms with Crippen LogP contribution in [0.5, 0.6) is 0 Å². The number of rotatable bonds is 7. The van der Waals surface area contributed by atoms with Crippen molar-refractivity contribution in [2.45, 2.75) is 18.3 Å². The maximum Gasteiger partial charge on any atom is 0.289 e. The van der Waals surface area contributed by atoms with Gasteiger partial charge in [-0.2, -0.15) is 0 Å². The number of hydrogen-bond donors (Lipinski definition) is 0. The minimum absolute atomic E-state index is 0.113. The molecule has 0 aliphatic carbocycles. The lowest BCUT2D eigenvalue weighted by Gasteiger charge is -2.36. The summed E-state index contributed by atoms with van der Waals surface area (Å²) in [6.07, 6.45) is 1.12. The number of imide groups is 1. The number of carbonyl (C=O) groups is 4. The molecule has 1 unspecified atom stereocenters. The van der Waals surface area contributed by atoms with Crippen molar-refractivity contribution in [3.8, 4) is 0 Å². The Hall–Kier alpha value is -3.17. The molecule has 1 aromatic carbocycles. The monoisotopic (exact) mass is 487 g/mol. The number of furan rings is 1. The second-order valence-electron chi connectivity index (χ2n) is 8.41. The Balaban J connectivity index is 1.52. The quantitative estimate of drug-likeness (QED) is 0.553. The molecule has 2 fully saturated rings. The van der Waals surface area contributed by atoms with E-state index in [1.165, 1.54) is 13.4 Å². The van der Waals surface area contributed by atoms with E-state index in [1.54, 1.807) is 46.2 Å². The molecule has 4 rings (SSSR count). The Morgan fingerprint density at radius 2 is 1.76 bits per heavy atom. The molecule has 9 nitrogen and oxygen atoms in total. The molecule has 3 heterocycles. The Labute approximate surface area is 202 Å². The number of benzene rings is 1. The topological polar surface area (TPSA) is 100 Å². The second kappa shape index (κ2) is 9.99. The number of amides is 4. The van der Waals surface area contributed by atoms with Crippen LogP contribution in [0.1, 0.15) is 29.0 Å². The van der Waals surface area contributed by atoms with Gasteiger partial charge in [-0.3, -0.25) is 24.1 Å². The van der Waals surface area contributed by atoms with Crippen LogP contribution >= 0.6 is 11.6 Å². The molecule has 2 aromatic rings. The molecule has 1 atom stereocenters. The third-order valence-corrected chi connectivity index (χ3v) is 6.75. The predicted octanol–water partition coefficient (Wildman–Crippen LogP) is 1.95. The van der Waals surface area contributed by atoms with E-state index in [0.717, 1.165) is 4.90 Å². The summed E-state index contributed by atoms with van der Waals surface area (Å²) in [6, 6.07) is 10.1. The van der Waals surface area contributed by atoms with E-state index in [1.807, 2.05) is 0 Å². The zero-order valence-electron chi connectivity index (χ0n) is 18.9. The zero-order valence-corrected chi connectivity index (χ0v) is 19.6. The molecule has 0 radical (unpaired) electrons. The number of hydrogen-bond acceptors (Lipinski definition) is 6. The van der Waals surface area contributed by atoms with Crippen molar-refractivity contribution in [2.75, 3.05) is 46.4 Å². The van der Waals surface area contributed by atoms with Crippen molar-refractivity contribution in [3.63, 3.8) is 0 Å². The Bertz CT molecular complexity index is 1080. The Kier molecular flexibility index (Phi) is 7.04. The van der Waals surface area contributed by atoms with Gasteiger partial charge in [0.1, 0.15) is 0 Å². The highest BCUT2D eigenvalue weighted by Gasteiger charge is 2.54. The minimum Gasteiger partial charge on any atom is -0.459 e. The zero-order chi connectivity index (χ0) is 24.3.